The molecule has 0 aromatic carbocycles. The van der Waals surface area contributed by atoms with Crippen LogP contribution in [0.5, 0.6) is 0 Å². The normalized spacial score (nSPS) is 11.4. The SMILES string of the molecule is NCc1ccc(S(=O)(=O)NCc2cccnn2)cn1. The molecule has 2 rings (SSSR count). The molecule has 0 amide bonds. The zero-order chi connectivity index (χ0) is 13.7. The fraction of sp³-hybridized carbons (Fsp3) is 0.182. The predicted octanol–water partition coefficient (Wildman–Crippen LogP) is -0.191. The zero-order valence-corrected chi connectivity index (χ0v) is 10.8. The summed E-state index contributed by atoms with van der Waals surface area (Å²) >= 11 is 0. The first-order valence-electron chi connectivity index (χ1n) is 5.53. The van der Waals surface area contributed by atoms with Crippen molar-refractivity contribution < 1.29 is 8.42 Å². The number of pyridine rings is 1. The second kappa shape index (κ2) is 5.83. The van der Waals surface area contributed by atoms with Crippen molar-refractivity contribution >= 4 is 10.0 Å². The Morgan fingerprint density at radius 3 is 2.63 bits per heavy atom. The summed E-state index contributed by atoms with van der Waals surface area (Å²) in [6.45, 7) is 0.349. The third-order valence-electron chi connectivity index (χ3n) is 2.39. The number of hydrogen-bond donors (Lipinski definition) is 2. The van der Waals surface area contributed by atoms with Gasteiger partial charge in [0.15, 0.2) is 0 Å². The highest BCUT2D eigenvalue weighted by atomic mass is 32.2. The minimum Gasteiger partial charge on any atom is -0.325 e. The molecular weight excluding hydrogens is 266 g/mol. The summed E-state index contributed by atoms with van der Waals surface area (Å²) in [5.41, 5.74) is 6.57. The molecule has 0 aliphatic carbocycles. The Hall–Kier alpha value is -1.90. The Bertz CT molecular complexity index is 628. The molecule has 0 aliphatic rings. The molecule has 7 nitrogen and oxygen atoms in total. The molecule has 100 valence electrons. The van der Waals surface area contributed by atoms with E-state index in [0.717, 1.165) is 0 Å². The van der Waals surface area contributed by atoms with E-state index in [1.54, 1.807) is 18.2 Å². The second-order valence-electron chi connectivity index (χ2n) is 3.73. The lowest BCUT2D eigenvalue weighted by atomic mass is 10.4. The van der Waals surface area contributed by atoms with Crippen LogP contribution in [0.2, 0.25) is 0 Å². The lowest BCUT2D eigenvalue weighted by Crippen LogP contribution is -2.24. The van der Waals surface area contributed by atoms with Crippen molar-refractivity contribution in [1.29, 1.82) is 0 Å². The first-order chi connectivity index (χ1) is 9.12. The highest BCUT2D eigenvalue weighted by Gasteiger charge is 2.14. The first-order valence-corrected chi connectivity index (χ1v) is 7.01. The summed E-state index contributed by atoms with van der Waals surface area (Å²) < 4.78 is 26.4. The summed E-state index contributed by atoms with van der Waals surface area (Å²) in [7, 11) is -3.60. The second-order valence-corrected chi connectivity index (χ2v) is 5.50. The van der Waals surface area contributed by atoms with Gasteiger partial charge in [-0.3, -0.25) is 4.98 Å². The van der Waals surface area contributed by atoms with Gasteiger partial charge < -0.3 is 5.73 Å². The molecule has 2 aromatic rings. The summed E-state index contributed by atoms with van der Waals surface area (Å²) in [4.78, 5) is 4.04. The van der Waals surface area contributed by atoms with Gasteiger partial charge in [-0.1, -0.05) is 0 Å². The number of rotatable bonds is 5. The molecule has 0 fully saturated rings. The van der Waals surface area contributed by atoms with Gasteiger partial charge in [0, 0.05) is 18.9 Å². The van der Waals surface area contributed by atoms with E-state index in [1.165, 1.54) is 18.5 Å². The van der Waals surface area contributed by atoms with Crippen LogP contribution in [0.3, 0.4) is 0 Å². The van der Waals surface area contributed by atoms with Gasteiger partial charge >= 0.3 is 0 Å². The maximum atomic E-state index is 12.0. The molecule has 8 heteroatoms. The summed E-state index contributed by atoms with van der Waals surface area (Å²) in [5, 5.41) is 7.46. The van der Waals surface area contributed by atoms with Crippen LogP contribution in [0.4, 0.5) is 0 Å². The van der Waals surface area contributed by atoms with Crippen LogP contribution in [0.1, 0.15) is 11.4 Å². The minimum absolute atomic E-state index is 0.0782. The van der Waals surface area contributed by atoms with Crippen LogP contribution in [-0.4, -0.2) is 23.6 Å². The van der Waals surface area contributed by atoms with Crippen molar-refractivity contribution in [3.8, 4) is 0 Å². The van der Waals surface area contributed by atoms with Crippen molar-refractivity contribution in [1.82, 2.24) is 19.9 Å². The molecule has 0 bridgehead atoms. The zero-order valence-electron chi connectivity index (χ0n) is 10.0. The minimum atomic E-state index is -3.60. The number of nitrogens with zero attached hydrogens (tertiary/aromatic N) is 3. The Labute approximate surface area is 110 Å². The number of nitrogens with one attached hydrogen (secondary N) is 1. The van der Waals surface area contributed by atoms with Gasteiger partial charge in [-0.2, -0.15) is 10.2 Å². The Morgan fingerprint density at radius 2 is 2.05 bits per heavy atom. The van der Waals surface area contributed by atoms with E-state index in [2.05, 4.69) is 19.9 Å². The van der Waals surface area contributed by atoms with E-state index in [4.69, 9.17) is 5.73 Å². The fourth-order valence-corrected chi connectivity index (χ4v) is 2.31. The molecule has 0 aliphatic heterocycles. The van der Waals surface area contributed by atoms with E-state index < -0.39 is 10.0 Å². The average molecular weight is 279 g/mol. The predicted molar refractivity (Wildman–Crippen MR) is 68.2 cm³/mol. The highest BCUT2D eigenvalue weighted by molar-refractivity contribution is 7.89. The fourth-order valence-electron chi connectivity index (χ4n) is 1.37. The third kappa shape index (κ3) is 3.53. The van der Waals surface area contributed by atoms with E-state index >= 15 is 0 Å². The Kier molecular flexibility index (Phi) is 4.15. The van der Waals surface area contributed by atoms with Crippen molar-refractivity contribution in [3.63, 3.8) is 0 Å². The average Bonchev–Trinajstić information content (AvgIpc) is 2.46. The molecule has 0 spiro atoms. The van der Waals surface area contributed by atoms with Crippen LogP contribution in [0.15, 0.2) is 41.6 Å². The topological polar surface area (TPSA) is 111 Å². The molecule has 2 heterocycles. The lowest BCUT2D eigenvalue weighted by Gasteiger charge is -2.06. The lowest BCUT2D eigenvalue weighted by molar-refractivity contribution is 0.579. The molecule has 0 radical (unpaired) electrons. The van der Waals surface area contributed by atoms with Crippen LogP contribution >= 0.6 is 0 Å². The van der Waals surface area contributed by atoms with Crippen molar-refractivity contribution in [2.75, 3.05) is 0 Å². The van der Waals surface area contributed by atoms with Crippen LogP contribution < -0.4 is 10.5 Å². The maximum absolute atomic E-state index is 12.0. The molecule has 2 aromatic heterocycles. The summed E-state index contributed by atoms with van der Waals surface area (Å²) in [6, 6.07) is 6.42. The van der Waals surface area contributed by atoms with Crippen LogP contribution in [-0.2, 0) is 23.1 Å². The number of sulfonamides is 1. The van der Waals surface area contributed by atoms with Gasteiger partial charge in [0.1, 0.15) is 4.90 Å². The monoisotopic (exact) mass is 279 g/mol. The van der Waals surface area contributed by atoms with Gasteiger partial charge in [0.05, 0.1) is 17.9 Å². The van der Waals surface area contributed by atoms with E-state index in [-0.39, 0.29) is 18.0 Å². The van der Waals surface area contributed by atoms with Crippen molar-refractivity contribution in [3.05, 3.63) is 48.0 Å². The van der Waals surface area contributed by atoms with E-state index in [9.17, 15) is 8.42 Å². The molecule has 0 atom stereocenters. The van der Waals surface area contributed by atoms with Gasteiger partial charge in [0.2, 0.25) is 10.0 Å². The summed E-state index contributed by atoms with van der Waals surface area (Å²) in [5.74, 6) is 0. The standard InChI is InChI=1S/C11H13N5O2S/c12-6-9-3-4-11(8-13-9)19(17,18)15-7-10-2-1-5-14-16-10/h1-5,8,15H,6-7,12H2. The van der Waals surface area contributed by atoms with Gasteiger partial charge in [0.25, 0.3) is 0 Å². The molecule has 19 heavy (non-hydrogen) atoms. The number of hydrogen-bond acceptors (Lipinski definition) is 6. The third-order valence-corrected chi connectivity index (χ3v) is 3.77. The largest absolute Gasteiger partial charge is 0.325 e. The van der Waals surface area contributed by atoms with E-state index in [0.29, 0.717) is 11.4 Å². The van der Waals surface area contributed by atoms with Gasteiger partial charge in [-0.05, 0) is 24.3 Å². The molecular formula is C11H13N5O2S. The summed E-state index contributed by atoms with van der Waals surface area (Å²) in [6.07, 6.45) is 2.80. The molecule has 3 N–H and O–H groups in total. The van der Waals surface area contributed by atoms with Crippen molar-refractivity contribution in [2.45, 2.75) is 18.0 Å². The molecule has 0 saturated carbocycles. The number of aromatic nitrogens is 3. The number of nitrogens with two attached hydrogens (primary N) is 1. The van der Waals surface area contributed by atoms with Crippen LogP contribution in [0.25, 0.3) is 0 Å². The smallest absolute Gasteiger partial charge is 0.242 e. The van der Waals surface area contributed by atoms with Gasteiger partial charge in [-0.25, -0.2) is 13.1 Å². The van der Waals surface area contributed by atoms with Crippen LogP contribution in [0, 0.1) is 0 Å². The first kappa shape index (κ1) is 13.5. The van der Waals surface area contributed by atoms with Gasteiger partial charge in [-0.15, -0.1) is 0 Å². The van der Waals surface area contributed by atoms with E-state index in [1.807, 2.05) is 0 Å². The molecule has 0 saturated heterocycles. The quantitative estimate of drug-likeness (QED) is 0.784. The van der Waals surface area contributed by atoms with Crippen molar-refractivity contribution in [2.24, 2.45) is 5.73 Å². The maximum Gasteiger partial charge on any atom is 0.242 e. The Balaban J connectivity index is 2.09. The Morgan fingerprint density at radius 1 is 1.21 bits per heavy atom. The molecule has 0 unspecified atom stereocenters. The highest BCUT2D eigenvalue weighted by Crippen LogP contribution is 2.08.